The number of ether oxygens (including phenoxy) is 2. The van der Waals surface area contributed by atoms with Crippen molar-refractivity contribution < 1.29 is 24.2 Å². The number of nitrogens with zero attached hydrogens (tertiary/aromatic N) is 3. The Labute approximate surface area is 159 Å². The molecule has 0 aromatic carbocycles. The van der Waals surface area contributed by atoms with Crippen LogP contribution in [0.15, 0.2) is 12.3 Å². The molecule has 9 heteroatoms. The Morgan fingerprint density at radius 2 is 2.26 bits per heavy atom. The van der Waals surface area contributed by atoms with Crippen LogP contribution in [0.25, 0.3) is 0 Å². The number of aromatic nitrogens is 1. The lowest BCUT2D eigenvalue weighted by atomic mass is 10.2. The van der Waals surface area contributed by atoms with E-state index in [2.05, 4.69) is 10.3 Å². The van der Waals surface area contributed by atoms with Crippen LogP contribution in [0.1, 0.15) is 19.4 Å². The van der Waals surface area contributed by atoms with Crippen LogP contribution in [0.2, 0.25) is 0 Å². The van der Waals surface area contributed by atoms with Gasteiger partial charge >= 0.3 is 12.0 Å². The molecule has 2 amide bonds. The highest BCUT2D eigenvalue weighted by Gasteiger charge is 2.26. The third-order valence-electron chi connectivity index (χ3n) is 3.92. The number of anilines is 1. The van der Waals surface area contributed by atoms with Gasteiger partial charge in [-0.1, -0.05) is 0 Å². The van der Waals surface area contributed by atoms with Crippen molar-refractivity contribution in [2.75, 3.05) is 45.2 Å². The molecule has 0 aliphatic carbocycles. The molecule has 2 rings (SSSR count). The molecule has 1 aromatic rings. The molecule has 9 nitrogen and oxygen atoms in total. The molecule has 1 aliphatic heterocycles. The van der Waals surface area contributed by atoms with Gasteiger partial charge in [0.2, 0.25) is 5.88 Å². The van der Waals surface area contributed by atoms with E-state index in [1.165, 1.54) is 0 Å². The van der Waals surface area contributed by atoms with E-state index in [-0.39, 0.29) is 24.8 Å². The molecular weight excluding hydrogens is 352 g/mol. The predicted molar refractivity (Wildman–Crippen MR) is 100 cm³/mol. The summed E-state index contributed by atoms with van der Waals surface area (Å²) in [6.45, 7) is 7.30. The fraction of sp³-hybridized carbons (Fsp3) is 0.611. The SMILES string of the molecule is Cc1cnc(OC(C)C)c(NC(=O)N2CCOC(CN(C)CC(=O)O)C2)c1. The van der Waals surface area contributed by atoms with E-state index in [4.69, 9.17) is 14.6 Å². The minimum absolute atomic E-state index is 0.0617. The van der Waals surface area contributed by atoms with Gasteiger partial charge in [0.15, 0.2) is 0 Å². The maximum atomic E-state index is 12.7. The second-order valence-electron chi connectivity index (χ2n) is 6.99. The lowest BCUT2D eigenvalue weighted by Gasteiger charge is -2.34. The number of carbonyl (C=O) groups excluding carboxylic acids is 1. The number of aryl methyl sites for hydroxylation is 1. The Hall–Kier alpha value is -2.39. The van der Waals surface area contributed by atoms with Gasteiger partial charge in [0.05, 0.1) is 25.4 Å². The van der Waals surface area contributed by atoms with E-state index in [1.54, 1.807) is 23.0 Å². The molecule has 27 heavy (non-hydrogen) atoms. The highest BCUT2D eigenvalue weighted by atomic mass is 16.5. The number of carboxylic acid groups (broad SMARTS) is 1. The van der Waals surface area contributed by atoms with Crippen molar-refractivity contribution in [1.29, 1.82) is 0 Å². The maximum absolute atomic E-state index is 12.7. The van der Waals surface area contributed by atoms with Gasteiger partial charge in [-0.05, 0) is 39.4 Å². The Kier molecular flexibility index (Phi) is 7.37. The van der Waals surface area contributed by atoms with E-state index >= 15 is 0 Å². The number of likely N-dealkylation sites (N-methyl/N-ethyl adjacent to an activating group) is 1. The van der Waals surface area contributed by atoms with Crippen LogP contribution < -0.4 is 10.1 Å². The molecule has 0 bridgehead atoms. The van der Waals surface area contributed by atoms with Crippen molar-refractivity contribution in [3.63, 3.8) is 0 Å². The molecule has 1 fully saturated rings. The van der Waals surface area contributed by atoms with Crippen LogP contribution in [-0.4, -0.2) is 83.9 Å². The first kappa shape index (κ1) is 20.9. The van der Waals surface area contributed by atoms with Gasteiger partial charge in [-0.3, -0.25) is 9.69 Å². The smallest absolute Gasteiger partial charge is 0.322 e. The lowest BCUT2D eigenvalue weighted by Crippen LogP contribution is -2.50. The highest BCUT2D eigenvalue weighted by Crippen LogP contribution is 2.24. The molecule has 1 atom stereocenters. The number of pyridine rings is 1. The minimum Gasteiger partial charge on any atom is -0.480 e. The first-order chi connectivity index (χ1) is 12.7. The van der Waals surface area contributed by atoms with Gasteiger partial charge < -0.3 is 24.8 Å². The molecule has 150 valence electrons. The zero-order valence-electron chi connectivity index (χ0n) is 16.3. The number of aliphatic carboxylic acids is 1. The van der Waals surface area contributed by atoms with Gasteiger partial charge in [-0.2, -0.15) is 0 Å². The van der Waals surface area contributed by atoms with Crippen LogP contribution in [-0.2, 0) is 9.53 Å². The maximum Gasteiger partial charge on any atom is 0.322 e. The molecule has 2 N–H and O–H groups in total. The van der Waals surface area contributed by atoms with Gasteiger partial charge in [-0.15, -0.1) is 0 Å². The summed E-state index contributed by atoms with van der Waals surface area (Å²) < 4.78 is 11.3. The number of morpholine rings is 1. The average Bonchev–Trinajstić information content (AvgIpc) is 2.56. The van der Waals surface area contributed by atoms with Crippen molar-refractivity contribution in [2.24, 2.45) is 0 Å². The fourth-order valence-electron chi connectivity index (χ4n) is 2.81. The molecular formula is C18H28N4O5. The predicted octanol–water partition coefficient (Wildman–Crippen LogP) is 1.43. The number of carbonyl (C=O) groups is 2. The van der Waals surface area contributed by atoms with Crippen LogP contribution in [0.3, 0.4) is 0 Å². The number of hydrogen-bond donors (Lipinski definition) is 2. The van der Waals surface area contributed by atoms with Crippen molar-refractivity contribution in [1.82, 2.24) is 14.8 Å². The first-order valence-electron chi connectivity index (χ1n) is 8.95. The van der Waals surface area contributed by atoms with E-state index in [9.17, 15) is 9.59 Å². The van der Waals surface area contributed by atoms with E-state index in [1.807, 2.05) is 26.8 Å². The molecule has 1 saturated heterocycles. The quantitative estimate of drug-likeness (QED) is 0.737. The largest absolute Gasteiger partial charge is 0.480 e. The second kappa shape index (κ2) is 9.52. The van der Waals surface area contributed by atoms with Crippen molar-refractivity contribution in [3.05, 3.63) is 17.8 Å². The zero-order valence-corrected chi connectivity index (χ0v) is 16.3. The van der Waals surface area contributed by atoms with Gasteiger partial charge in [0.1, 0.15) is 5.69 Å². The Balaban J connectivity index is 1.99. The number of hydrogen-bond acceptors (Lipinski definition) is 6. The summed E-state index contributed by atoms with van der Waals surface area (Å²) in [5, 5.41) is 11.7. The average molecular weight is 380 g/mol. The van der Waals surface area contributed by atoms with Crippen molar-refractivity contribution >= 4 is 17.7 Å². The van der Waals surface area contributed by atoms with E-state index in [0.29, 0.717) is 37.8 Å². The molecule has 1 unspecified atom stereocenters. The molecule has 2 heterocycles. The van der Waals surface area contributed by atoms with Crippen LogP contribution >= 0.6 is 0 Å². The number of amides is 2. The summed E-state index contributed by atoms with van der Waals surface area (Å²) in [5.74, 6) is -0.512. The van der Waals surface area contributed by atoms with Gasteiger partial charge in [-0.25, -0.2) is 9.78 Å². The fourth-order valence-corrected chi connectivity index (χ4v) is 2.81. The minimum atomic E-state index is -0.896. The van der Waals surface area contributed by atoms with Crippen LogP contribution in [0.5, 0.6) is 5.88 Å². The summed E-state index contributed by atoms with van der Waals surface area (Å²) in [5.41, 5.74) is 1.44. The third-order valence-corrected chi connectivity index (χ3v) is 3.92. The summed E-state index contributed by atoms with van der Waals surface area (Å²) in [6, 6.07) is 1.56. The lowest BCUT2D eigenvalue weighted by molar-refractivity contribution is -0.138. The topological polar surface area (TPSA) is 104 Å². The Bertz CT molecular complexity index is 667. The molecule has 1 aromatic heterocycles. The Morgan fingerprint density at radius 3 is 2.93 bits per heavy atom. The van der Waals surface area contributed by atoms with Crippen LogP contribution in [0, 0.1) is 6.92 Å². The number of carboxylic acids is 1. The number of nitrogens with one attached hydrogen (secondary N) is 1. The van der Waals surface area contributed by atoms with Crippen molar-refractivity contribution in [3.8, 4) is 5.88 Å². The summed E-state index contributed by atoms with van der Waals surface area (Å²) in [6.07, 6.45) is 1.39. The van der Waals surface area contributed by atoms with Crippen LogP contribution in [0.4, 0.5) is 10.5 Å². The van der Waals surface area contributed by atoms with Gasteiger partial charge in [0.25, 0.3) is 0 Å². The Morgan fingerprint density at radius 1 is 1.52 bits per heavy atom. The number of rotatable bonds is 7. The zero-order chi connectivity index (χ0) is 20.0. The summed E-state index contributed by atoms with van der Waals surface area (Å²) in [7, 11) is 1.71. The highest BCUT2D eigenvalue weighted by molar-refractivity contribution is 5.90. The van der Waals surface area contributed by atoms with E-state index < -0.39 is 5.97 Å². The monoisotopic (exact) mass is 380 g/mol. The first-order valence-corrected chi connectivity index (χ1v) is 8.95. The molecule has 0 spiro atoms. The molecule has 0 saturated carbocycles. The van der Waals surface area contributed by atoms with Gasteiger partial charge in [0, 0.05) is 25.8 Å². The molecule has 1 aliphatic rings. The summed E-state index contributed by atoms with van der Waals surface area (Å²) >= 11 is 0. The molecule has 0 radical (unpaired) electrons. The second-order valence-corrected chi connectivity index (χ2v) is 6.99. The van der Waals surface area contributed by atoms with E-state index in [0.717, 1.165) is 5.56 Å². The normalized spacial score (nSPS) is 17.3. The standard InChI is InChI=1S/C18H28N4O5/c1-12(2)27-17-15(7-13(3)8-19-17)20-18(25)22-5-6-26-14(10-22)9-21(4)11-16(23)24/h7-8,12,14H,5-6,9-11H2,1-4H3,(H,20,25)(H,23,24). The summed E-state index contributed by atoms with van der Waals surface area (Å²) in [4.78, 5) is 31.1. The van der Waals surface area contributed by atoms with Crippen molar-refractivity contribution in [2.45, 2.75) is 33.0 Å². The number of urea groups is 1. The third kappa shape index (κ3) is 6.69.